The lowest BCUT2D eigenvalue weighted by Crippen LogP contribution is -2.43. The molecule has 0 saturated carbocycles. The number of carbonyl (C=O) groups is 2. The highest BCUT2D eigenvalue weighted by Gasteiger charge is 2.18. The Morgan fingerprint density at radius 2 is 1.90 bits per heavy atom. The summed E-state index contributed by atoms with van der Waals surface area (Å²) in [6, 6.07) is 12.7. The van der Waals surface area contributed by atoms with Crippen LogP contribution in [0.4, 0.5) is 0 Å². The van der Waals surface area contributed by atoms with E-state index < -0.39 is 11.8 Å². The van der Waals surface area contributed by atoms with Gasteiger partial charge in [0.2, 0.25) is 6.79 Å². The number of fused-ring (bicyclic) bond motifs is 2. The van der Waals surface area contributed by atoms with Crippen LogP contribution < -0.4 is 20.3 Å². The maximum absolute atomic E-state index is 12.3. The molecule has 2 amide bonds. The molecular formula is C21H19N3O6. The molecule has 0 saturated heterocycles. The molecule has 0 atom stereocenters. The van der Waals surface area contributed by atoms with Gasteiger partial charge in [-0.15, -0.1) is 0 Å². The first-order valence-electron chi connectivity index (χ1n) is 9.17. The Balaban J connectivity index is 1.29. The third kappa shape index (κ3) is 3.90. The van der Waals surface area contributed by atoms with Crippen molar-refractivity contribution in [3.63, 3.8) is 0 Å². The largest absolute Gasteiger partial charge is 0.454 e. The number of rotatable bonds is 5. The Hall–Kier alpha value is -4.01. The first-order valence-corrected chi connectivity index (χ1v) is 9.17. The SMILES string of the molecule is C/C(=N/OCC(=O)NNC(=O)c1oc2ccccc2c1C)c1ccc2c(c1)OCO2. The number of hydrogen-bond donors (Lipinski definition) is 2. The number of oxime groups is 1. The van der Waals surface area contributed by atoms with Crippen molar-refractivity contribution >= 4 is 28.5 Å². The molecule has 2 aromatic carbocycles. The first kappa shape index (κ1) is 19.3. The second-order valence-corrected chi connectivity index (χ2v) is 6.57. The number of benzene rings is 2. The quantitative estimate of drug-likeness (QED) is 0.495. The molecule has 0 spiro atoms. The molecule has 1 aromatic heterocycles. The number of hydrazine groups is 1. The van der Waals surface area contributed by atoms with Crippen molar-refractivity contribution in [2.75, 3.05) is 13.4 Å². The van der Waals surface area contributed by atoms with Crippen LogP contribution in [0.15, 0.2) is 52.0 Å². The van der Waals surface area contributed by atoms with Gasteiger partial charge in [-0.1, -0.05) is 23.4 Å². The second-order valence-electron chi connectivity index (χ2n) is 6.57. The smallest absolute Gasteiger partial charge is 0.305 e. The zero-order valence-electron chi connectivity index (χ0n) is 16.4. The molecule has 0 fully saturated rings. The van der Waals surface area contributed by atoms with Crippen LogP contribution in [0.1, 0.15) is 28.6 Å². The van der Waals surface area contributed by atoms with E-state index in [-0.39, 0.29) is 19.2 Å². The van der Waals surface area contributed by atoms with E-state index in [1.807, 2.05) is 24.3 Å². The summed E-state index contributed by atoms with van der Waals surface area (Å²) in [4.78, 5) is 29.3. The summed E-state index contributed by atoms with van der Waals surface area (Å²) >= 11 is 0. The van der Waals surface area contributed by atoms with Crippen molar-refractivity contribution in [2.45, 2.75) is 13.8 Å². The minimum Gasteiger partial charge on any atom is -0.454 e. The lowest BCUT2D eigenvalue weighted by atomic mass is 10.1. The molecular weight excluding hydrogens is 390 g/mol. The maximum atomic E-state index is 12.3. The lowest BCUT2D eigenvalue weighted by molar-refractivity contribution is -0.126. The summed E-state index contributed by atoms with van der Waals surface area (Å²) in [5.41, 5.74) is 7.20. The van der Waals surface area contributed by atoms with Crippen LogP contribution in [-0.2, 0) is 9.63 Å². The summed E-state index contributed by atoms with van der Waals surface area (Å²) in [6.07, 6.45) is 0. The van der Waals surface area contributed by atoms with Crippen LogP contribution in [0, 0.1) is 6.92 Å². The van der Waals surface area contributed by atoms with Crippen molar-refractivity contribution < 1.29 is 28.3 Å². The number of nitrogens with zero attached hydrogens (tertiary/aromatic N) is 1. The van der Waals surface area contributed by atoms with E-state index in [0.717, 1.165) is 10.9 Å². The Morgan fingerprint density at radius 1 is 1.10 bits per heavy atom. The van der Waals surface area contributed by atoms with Gasteiger partial charge in [-0.3, -0.25) is 20.4 Å². The van der Waals surface area contributed by atoms with Gasteiger partial charge in [0.25, 0.3) is 5.91 Å². The first-order chi connectivity index (χ1) is 14.5. The number of carbonyl (C=O) groups excluding carboxylic acids is 2. The second kappa shape index (κ2) is 8.16. The van der Waals surface area contributed by atoms with E-state index >= 15 is 0 Å². The van der Waals surface area contributed by atoms with Crippen LogP contribution in [-0.4, -0.2) is 30.9 Å². The molecule has 0 aliphatic carbocycles. The summed E-state index contributed by atoms with van der Waals surface area (Å²) in [5.74, 6) is 0.302. The Kier molecular flexibility index (Phi) is 5.25. The Bertz CT molecular complexity index is 1150. The highest BCUT2D eigenvalue weighted by Crippen LogP contribution is 2.32. The van der Waals surface area contributed by atoms with E-state index in [0.29, 0.717) is 28.4 Å². The zero-order valence-corrected chi connectivity index (χ0v) is 16.4. The van der Waals surface area contributed by atoms with Crippen LogP contribution in [0.2, 0.25) is 0 Å². The average Bonchev–Trinajstić information content (AvgIpc) is 3.36. The van der Waals surface area contributed by atoms with Gasteiger partial charge in [0.1, 0.15) is 5.58 Å². The van der Waals surface area contributed by atoms with E-state index in [9.17, 15) is 9.59 Å². The number of furan rings is 1. The predicted molar refractivity (Wildman–Crippen MR) is 107 cm³/mol. The molecule has 2 heterocycles. The van der Waals surface area contributed by atoms with Crippen molar-refractivity contribution in [1.29, 1.82) is 0 Å². The molecule has 154 valence electrons. The van der Waals surface area contributed by atoms with Crippen molar-refractivity contribution in [3.8, 4) is 11.5 Å². The molecule has 9 heteroatoms. The topological polar surface area (TPSA) is 111 Å². The van der Waals surface area contributed by atoms with Crippen molar-refractivity contribution in [1.82, 2.24) is 10.9 Å². The monoisotopic (exact) mass is 409 g/mol. The van der Waals surface area contributed by atoms with E-state index in [1.165, 1.54) is 0 Å². The van der Waals surface area contributed by atoms with Crippen LogP contribution in [0.25, 0.3) is 11.0 Å². The molecule has 0 bridgehead atoms. The molecule has 0 unspecified atom stereocenters. The zero-order chi connectivity index (χ0) is 21.1. The number of ether oxygens (including phenoxy) is 2. The van der Waals surface area contributed by atoms with E-state index in [4.69, 9.17) is 18.7 Å². The van der Waals surface area contributed by atoms with E-state index in [2.05, 4.69) is 16.0 Å². The molecule has 0 radical (unpaired) electrons. The van der Waals surface area contributed by atoms with Gasteiger partial charge in [-0.25, -0.2) is 0 Å². The lowest BCUT2D eigenvalue weighted by Gasteiger charge is -2.06. The number of aryl methyl sites for hydroxylation is 1. The fourth-order valence-corrected chi connectivity index (χ4v) is 2.97. The number of para-hydroxylation sites is 1. The molecule has 9 nitrogen and oxygen atoms in total. The van der Waals surface area contributed by atoms with Gasteiger partial charge < -0.3 is 18.7 Å². The molecule has 4 rings (SSSR count). The number of hydrogen-bond acceptors (Lipinski definition) is 7. The number of amides is 2. The molecule has 30 heavy (non-hydrogen) atoms. The van der Waals surface area contributed by atoms with Crippen LogP contribution in [0.3, 0.4) is 0 Å². The third-order valence-electron chi connectivity index (χ3n) is 4.55. The summed E-state index contributed by atoms with van der Waals surface area (Å²) in [5, 5.41) is 4.75. The molecule has 1 aliphatic rings. The molecule has 1 aliphatic heterocycles. The Morgan fingerprint density at radius 3 is 2.73 bits per heavy atom. The normalized spacial score (nSPS) is 12.7. The maximum Gasteiger partial charge on any atom is 0.305 e. The average molecular weight is 409 g/mol. The van der Waals surface area contributed by atoms with Gasteiger partial charge in [0, 0.05) is 16.5 Å². The van der Waals surface area contributed by atoms with Gasteiger partial charge in [-0.05, 0) is 38.1 Å². The molecule has 3 aromatic rings. The summed E-state index contributed by atoms with van der Waals surface area (Å²) in [6.45, 7) is 3.33. The van der Waals surface area contributed by atoms with Crippen molar-refractivity contribution in [2.24, 2.45) is 5.16 Å². The van der Waals surface area contributed by atoms with Gasteiger partial charge >= 0.3 is 5.91 Å². The highest BCUT2D eigenvalue weighted by molar-refractivity contribution is 6.00. The fraction of sp³-hybridized carbons (Fsp3) is 0.190. The minimum atomic E-state index is -0.570. The standard InChI is InChI=1S/C21H19N3O6/c1-12-15-5-3-4-6-16(15)30-20(12)21(26)23-22-19(25)10-29-24-13(2)14-7-8-17-18(9-14)28-11-27-17/h3-9H,10-11H2,1-2H3,(H,22,25)(H,23,26)/b24-13-. The van der Waals surface area contributed by atoms with Gasteiger partial charge in [-0.2, -0.15) is 0 Å². The predicted octanol–water partition coefficient (Wildman–Crippen LogP) is 2.67. The van der Waals surface area contributed by atoms with Gasteiger partial charge in [0.15, 0.2) is 23.9 Å². The number of nitrogens with one attached hydrogen (secondary N) is 2. The molecule has 2 N–H and O–H groups in total. The van der Waals surface area contributed by atoms with Crippen LogP contribution in [0.5, 0.6) is 11.5 Å². The van der Waals surface area contributed by atoms with Gasteiger partial charge in [0.05, 0.1) is 5.71 Å². The van der Waals surface area contributed by atoms with Crippen molar-refractivity contribution in [3.05, 3.63) is 59.4 Å². The van der Waals surface area contributed by atoms with E-state index in [1.54, 1.807) is 32.0 Å². The summed E-state index contributed by atoms with van der Waals surface area (Å²) in [7, 11) is 0. The fourth-order valence-electron chi connectivity index (χ4n) is 2.97. The van der Waals surface area contributed by atoms with Crippen LogP contribution >= 0.6 is 0 Å². The Labute approximate surface area is 171 Å². The summed E-state index contributed by atoms with van der Waals surface area (Å²) < 4.78 is 16.1. The third-order valence-corrected chi connectivity index (χ3v) is 4.55. The minimum absolute atomic E-state index is 0.133. The highest BCUT2D eigenvalue weighted by atomic mass is 16.7.